The zero-order chi connectivity index (χ0) is 25.8. The van der Waals surface area contributed by atoms with E-state index >= 15 is 0 Å². The highest BCUT2D eigenvalue weighted by molar-refractivity contribution is 6.25. The molecule has 7 nitrogen and oxygen atoms in total. The molecule has 2 atom stereocenters. The number of hydrogen-bond acceptors (Lipinski definition) is 6. The lowest BCUT2D eigenvalue weighted by Gasteiger charge is -2.37. The number of piperazine rings is 1. The normalized spacial score (nSPS) is 17.9. The highest BCUT2D eigenvalue weighted by Gasteiger charge is 2.33. The third kappa shape index (κ3) is 6.08. The number of aliphatic hydroxyl groups excluding tert-OH is 1. The van der Waals surface area contributed by atoms with Crippen LogP contribution in [0.25, 0.3) is 10.8 Å². The van der Waals surface area contributed by atoms with Gasteiger partial charge in [0.25, 0.3) is 11.8 Å². The fourth-order valence-electron chi connectivity index (χ4n) is 5.42. The van der Waals surface area contributed by atoms with Gasteiger partial charge >= 0.3 is 0 Å². The molecule has 2 aliphatic heterocycles. The van der Waals surface area contributed by atoms with E-state index in [-0.39, 0.29) is 30.3 Å². The number of imide groups is 1. The zero-order valence-corrected chi connectivity index (χ0v) is 22.5. The maximum absolute atomic E-state index is 13.1. The van der Waals surface area contributed by atoms with Crippen LogP contribution in [0.15, 0.2) is 66.7 Å². The average Bonchev–Trinajstić information content (AvgIpc) is 2.93. The molecule has 1 N–H and O–H groups in total. The Morgan fingerprint density at radius 2 is 1.42 bits per heavy atom. The van der Waals surface area contributed by atoms with Gasteiger partial charge in [-0.3, -0.25) is 24.3 Å². The van der Waals surface area contributed by atoms with Gasteiger partial charge in [-0.25, -0.2) is 0 Å². The van der Waals surface area contributed by atoms with Gasteiger partial charge in [0.05, 0.1) is 18.8 Å². The number of β-amino-alcohol motifs (C(OH)–C–C–N with tert-alkyl or cyclic N) is 1. The van der Waals surface area contributed by atoms with Crippen LogP contribution in [0.1, 0.15) is 45.7 Å². The lowest BCUT2D eigenvalue weighted by atomic mass is 9.94. The number of ether oxygens (including phenoxy) is 1. The fourth-order valence-corrected chi connectivity index (χ4v) is 5.42. The standard InChI is InChI=1S/C30H35N3O4.ClH/c1-2-27(22-8-4-3-5-9-22)37-21-24(34)20-32-16-14-31(15-17-32)18-19-33-29(35)25-12-6-10-23-11-7-13-26(28(23)25)30(33)36;/h3-13,24,27,34H,2,14-21H2,1H3;1H/p-1. The zero-order valence-electron chi connectivity index (χ0n) is 21.8. The minimum atomic E-state index is -0.546. The van der Waals surface area contributed by atoms with Crippen LogP contribution in [-0.4, -0.2) is 90.1 Å². The van der Waals surface area contributed by atoms with E-state index in [1.807, 2.05) is 54.6 Å². The van der Waals surface area contributed by atoms with Gasteiger partial charge in [-0.05, 0) is 29.5 Å². The molecule has 1 saturated heterocycles. The molecule has 2 amide bonds. The molecule has 0 radical (unpaired) electrons. The summed E-state index contributed by atoms with van der Waals surface area (Å²) in [6, 6.07) is 21.4. The van der Waals surface area contributed by atoms with Crippen molar-refractivity contribution < 1.29 is 31.8 Å². The van der Waals surface area contributed by atoms with E-state index in [0.29, 0.717) is 37.4 Å². The van der Waals surface area contributed by atoms with Crippen molar-refractivity contribution in [2.75, 3.05) is 52.4 Å². The second kappa shape index (κ2) is 12.8. The van der Waals surface area contributed by atoms with Crippen molar-refractivity contribution in [3.05, 3.63) is 83.4 Å². The molecule has 5 rings (SSSR count). The highest BCUT2D eigenvalue weighted by Crippen LogP contribution is 2.30. The Balaban J connectivity index is 0.00000336. The minimum absolute atomic E-state index is 0. The second-order valence-corrected chi connectivity index (χ2v) is 9.91. The number of rotatable bonds is 10. The summed E-state index contributed by atoms with van der Waals surface area (Å²) in [5.74, 6) is -0.422. The van der Waals surface area contributed by atoms with Crippen LogP contribution < -0.4 is 12.4 Å². The Morgan fingerprint density at radius 3 is 2.03 bits per heavy atom. The number of carbonyl (C=O) groups excluding carboxylic acids is 2. The summed E-state index contributed by atoms with van der Waals surface area (Å²) in [7, 11) is 0. The maximum Gasteiger partial charge on any atom is 0.261 e. The number of benzene rings is 3. The van der Waals surface area contributed by atoms with Crippen molar-refractivity contribution in [3.63, 3.8) is 0 Å². The number of amides is 2. The van der Waals surface area contributed by atoms with Crippen LogP contribution in [0.4, 0.5) is 0 Å². The van der Waals surface area contributed by atoms with Crippen molar-refractivity contribution in [2.24, 2.45) is 0 Å². The number of halogens is 1. The number of hydrogen-bond donors (Lipinski definition) is 1. The highest BCUT2D eigenvalue weighted by atomic mass is 35.5. The lowest BCUT2D eigenvalue weighted by Crippen LogP contribution is -3.00. The van der Waals surface area contributed by atoms with Crippen LogP contribution in [0.3, 0.4) is 0 Å². The molecule has 0 aliphatic carbocycles. The lowest BCUT2D eigenvalue weighted by molar-refractivity contribution is -0.0282. The van der Waals surface area contributed by atoms with Gasteiger partial charge in [0.1, 0.15) is 0 Å². The first kappa shape index (κ1) is 28.2. The molecular weight excluding hydrogens is 502 g/mol. The molecule has 3 aromatic carbocycles. The third-order valence-electron chi connectivity index (χ3n) is 7.46. The Labute approximate surface area is 230 Å². The van der Waals surface area contributed by atoms with Gasteiger partial charge in [-0.1, -0.05) is 61.5 Å². The van der Waals surface area contributed by atoms with Gasteiger partial charge < -0.3 is 22.3 Å². The van der Waals surface area contributed by atoms with Gasteiger partial charge in [-0.2, -0.15) is 0 Å². The van der Waals surface area contributed by atoms with Crippen molar-refractivity contribution >= 4 is 22.6 Å². The summed E-state index contributed by atoms with van der Waals surface area (Å²) in [4.78, 5) is 32.2. The minimum Gasteiger partial charge on any atom is -1.00 e. The van der Waals surface area contributed by atoms with E-state index in [1.165, 1.54) is 4.90 Å². The van der Waals surface area contributed by atoms with Gasteiger partial charge in [0.2, 0.25) is 0 Å². The van der Waals surface area contributed by atoms with Gasteiger partial charge in [-0.15, -0.1) is 0 Å². The SMILES string of the molecule is CCC(OCC(O)CN1CCN(CCN2C(=O)c3cccc4cccc(c34)C2=O)CC1)c1ccccc1.[Cl-]. The van der Waals surface area contributed by atoms with Crippen LogP contribution >= 0.6 is 0 Å². The molecule has 2 aliphatic rings. The molecule has 8 heteroatoms. The number of carbonyl (C=O) groups is 2. The first-order valence-electron chi connectivity index (χ1n) is 13.2. The molecule has 0 saturated carbocycles. The summed E-state index contributed by atoms with van der Waals surface area (Å²) in [5.41, 5.74) is 2.34. The van der Waals surface area contributed by atoms with E-state index in [0.717, 1.165) is 48.9 Å². The van der Waals surface area contributed by atoms with Gasteiger partial charge in [0, 0.05) is 62.3 Å². The summed E-state index contributed by atoms with van der Waals surface area (Å²) in [5, 5.41) is 12.3. The van der Waals surface area contributed by atoms with E-state index in [9.17, 15) is 14.7 Å². The second-order valence-electron chi connectivity index (χ2n) is 9.91. The first-order chi connectivity index (χ1) is 18.0. The van der Waals surface area contributed by atoms with E-state index in [1.54, 1.807) is 0 Å². The smallest absolute Gasteiger partial charge is 0.261 e. The molecule has 38 heavy (non-hydrogen) atoms. The summed E-state index contributed by atoms with van der Waals surface area (Å²) in [6.45, 7) is 7.31. The van der Waals surface area contributed by atoms with Crippen molar-refractivity contribution in [1.82, 2.24) is 14.7 Å². The molecule has 0 bridgehead atoms. The predicted octanol–water partition coefficient (Wildman–Crippen LogP) is 0.586. The first-order valence-corrected chi connectivity index (χ1v) is 13.2. The molecule has 2 heterocycles. The Hall–Kier alpha value is -2.81. The van der Waals surface area contributed by atoms with Crippen LogP contribution in [-0.2, 0) is 4.74 Å². The predicted molar refractivity (Wildman–Crippen MR) is 144 cm³/mol. The summed E-state index contributed by atoms with van der Waals surface area (Å²) < 4.78 is 6.02. The molecule has 1 fully saturated rings. The number of aliphatic hydroxyl groups is 1. The summed E-state index contributed by atoms with van der Waals surface area (Å²) in [6.07, 6.45) is 0.306. The van der Waals surface area contributed by atoms with E-state index in [4.69, 9.17) is 4.74 Å². The molecule has 202 valence electrons. The third-order valence-corrected chi connectivity index (χ3v) is 7.46. The van der Waals surface area contributed by atoms with Gasteiger partial charge in [0.15, 0.2) is 0 Å². The monoisotopic (exact) mass is 536 g/mol. The molecule has 0 aromatic heterocycles. The van der Waals surface area contributed by atoms with Crippen LogP contribution in [0.5, 0.6) is 0 Å². The van der Waals surface area contributed by atoms with E-state index in [2.05, 4.69) is 28.9 Å². The Bertz CT molecular complexity index is 1200. The summed E-state index contributed by atoms with van der Waals surface area (Å²) >= 11 is 0. The number of nitrogens with zero attached hydrogens (tertiary/aromatic N) is 3. The van der Waals surface area contributed by atoms with Crippen molar-refractivity contribution in [1.29, 1.82) is 0 Å². The fraction of sp³-hybridized carbons (Fsp3) is 0.400. The van der Waals surface area contributed by atoms with Crippen molar-refractivity contribution in [3.8, 4) is 0 Å². The molecule has 2 unspecified atom stereocenters. The maximum atomic E-state index is 13.1. The molecule has 0 spiro atoms. The Kier molecular flexibility index (Phi) is 9.52. The van der Waals surface area contributed by atoms with Crippen LogP contribution in [0.2, 0.25) is 0 Å². The quantitative estimate of drug-likeness (QED) is 0.382. The Morgan fingerprint density at radius 1 is 0.816 bits per heavy atom. The largest absolute Gasteiger partial charge is 1.00 e. The topological polar surface area (TPSA) is 73.3 Å². The van der Waals surface area contributed by atoms with Crippen LogP contribution in [0, 0.1) is 0 Å². The molecule has 3 aromatic rings. The average molecular weight is 537 g/mol. The van der Waals surface area contributed by atoms with E-state index < -0.39 is 6.10 Å². The van der Waals surface area contributed by atoms with Crippen molar-refractivity contribution in [2.45, 2.75) is 25.6 Å². The molecular formula is C30H35ClN3O4-.